The van der Waals surface area contributed by atoms with Gasteiger partial charge in [0.05, 0.1) is 0 Å². The van der Waals surface area contributed by atoms with E-state index in [4.69, 9.17) is 0 Å². The molecule has 0 aromatic carbocycles. The Kier molecular flexibility index (Phi) is 6.90. The molecule has 14 heavy (non-hydrogen) atoms. The van der Waals surface area contributed by atoms with Crippen LogP contribution >= 0.6 is 0 Å². The number of piperidine rings is 1. The average molecular weight is 233 g/mol. The number of rotatable bonds is 2. The first kappa shape index (κ1) is 15.5. The zero-order valence-corrected chi connectivity index (χ0v) is 12.3. The van der Waals surface area contributed by atoms with Gasteiger partial charge in [-0.1, -0.05) is 6.92 Å². The van der Waals surface area contributed by atoms with Gasteiger partial charge in [0.15, 0.2) is 0 Å². The molecule has 1 nitrogen and oxygen atoms in total. The molecule has 1 aliphatic rings. The van der Waals surface area contributed by atoms with E-state index in [1.165, 1.54) is 0 Å². The van der Waals surface area contributed by atoms with Crippen molar-refractivity contribution in [2.24, 2.45) is 5.92 Å². The van der Waals surface area contributed by atoms with Crippen LogP contribution in [0, 0.1) is 5.92 Å². The monoisotopic (exact) mass is 233 g/mol. The predicted octanol–water partition coefficient (Wildman–Crippen LogP) is -0.503. The molecule has 0 aromatic rings. The van der Waals surface area contributed by atoms with Crippen LogP contribution in [-0.4, -0.2) is 30.9 Å². The topological polar surface area (TPSA) is 3.24 Å². The molecule has 0 N–H and O–H groups in total. The van der Waals surface area contributed by atoms with Crippen LogP contribution in [0.1, 0.15) is 26.7 Å². The van der Waals surface area contributed by atoms with Gasteiger partial charge >= 0.3 is 58.4 Å². The van der Waals surface area contributed by atoms with Crippen LogP contribution in [0.15, 0.2) is 0 Å². The molecule has 0 amide bonds. The van der Waals surface area contributed by atoms with Gasteiger partial charge in [-0.25, -0.2) is 0 Å². The van der Waals surface area contributed by atoms with Crippen molar-refractivity contribution in [3.63, 3.8) is 0 Å². The molecule has 0 radical (unpaired) electrons. The molecule has 1 aliphatic heterocycles. The van der Waals surface area contributed by atoms with Gasteiger partial charge in [-0.05, 0) is 38.7 Å². The smallest absolute Gasteiger partial charge is 0.448 e. The fourth-order valence-electron chi connectivity index (χ4n) is 1.99. The Morgan fingerprint density at radius 2 is 1.86 bits per heavy atom. The van der Waals surface area contributed by atoms with Gasteiger partial charge in [0.25, 0.3) is 0 Å². The minimum absolute atomic E-state index is 0. The largest absolute Gasteiger partial charge is 1.00 e. The van der Waals surface area contributed by atoms with E-state index in [0.717, 1.165) is 12.8 Å². The van der Waals surface area contributed by atoms with E-state index in [1.54, 1.807) is 4.90 Å². The third kappa shape index (κ3) is 5.51. The molecule has 1 heterocycles. The van der Waals surface area contributed by atoms with Gasteiger partial charge in [0.2, 0.25) is 0 Å². The van der Waals surface area contributed by atoms with Crippen molar-refractivity contribution in [2.75, 3.05) is 13.0 Å². The maximum Gasteiger partial charge on any atom is 1.00 e. The molecular weight excluding hydrogens is 217 g/mol. The average Bonchev–Trinajstić information content (AvgIpc) is 1.93. The Morgan fingerprint density at radius 3 is 2.29 bits per heavy atom. The molecule has 0 spiro atoms. The van der Waals surface area contributed by atoms with Crippen LogP contribution < -0.4 is 51.4 Å². The third-order valence-electron chi connectivity index (χ3n) is 2.72. The maximum absolute atomic E-state index is 12.1. The van der Waals surface area contributed by atoms with Crippen LogP contribution in [-0.2, 0) is 0 Å². The van der Waals surface area contributed by atoms with Crippen molar-refractivity contribution < 1.29 is 64.3 Å². The number of likely N-dealkylation sites (tertiary alicyclic amines) is 1. The van der Waals surface area contributed by atoms with Gasteiger partial charge in [0.1, 0.15) is 0 Å². The van der Waals surface area contributed by atoms with Crippen molar-refractivity contribution in [1.29, 1.82) is 0 Å². The molecule has 0 aliphatic carbocycles. The number of halogens is 3. The molecule has 0 bridgehead atoms. The first-order valence-electron chi connectivity index (χ1n) is 4.83. The molecule has 78 valence electrons. The summed E-state index contributed by atoms with van der Waals surface area (Å²) in [6.45, 7) is -0.0569. The zero-order valence-electron chi connectivity index (χ0n) is 9.14. The van der Waals surface area contributed by atoms with Crippen molar-refractivity contribution in [2.45, 2.75) is 32.7 Å². The van der Waals surface area contributed by atoms with Gasteiger partial charge in [-0.2, -0.15) is 0 Å². The van der Waals surface area contributed by atoms with E-state index in [0.29, 0.717) is 12.5 Å². The van der Waals surface area contributed by atoms with E-state index in [1.807, 2.05) is 6.92 Å². The second kappa shape index (κ2) is 6.25. The Hall–Kier alpha value is 1.45. The summed E-state index contributed by atoms with van der Waals surface area (Å²) >= 11 is 0. The summed E-state index contributed by atoms with van der Waals surface area (Å²) in [7, 11) is 0. The summed E-state index contributed by atoms with van der Waals surface area (Å²) in [5.74, 6) is 0.576. The summed E-state index contributed by atoms with van der Waals surface area (Å²) in [5.41, 5.74) is 0. The fraction of sp³-hybridized carbons (Fsp3) is 1.00. The SMILES string of the molecule is C[C@H]1CCN(C[B-](F)(F)F)[C@@H](C)C1.[K+]. The second-order valence-electron chi connectivity index (χ2n) is 4.18. The van der Waals surface area contributed by atoms with Crippen LogP contribution in [0.25, 0.3) is 0 Å². The van der Waals surface area contributed by atoms with E-state index in [-0.39, 0.29) is 57.4 Å². The van der Waals surface area contributed by atoms with Gasteiger partial charge in [-0.3, -0.25) is 0 Å². The molecule has 2 atom stereocenters. The fourth-order valence-corrected chi connectivity index (χ4v) is 1.99. The van der Waals surface area contributed by atoms with Crippen LogP contribution in [0.4, 0.5) is 12.9 Å². The molecule has 6 heteroatoms. The zero-order chi connectivity index (χ0) is 10.1. The van der Waals surface area contributed by atoms with Crippen LogP contribution in [0.2, 0.25) is 0 Å². The second-order valence-corrected chi connectivity index (χ2v) is 4.18. The molecule has 0 aromatic heterocycles. The summed E-state index contributed by atoms with van der Waals surface area (Å²) in [6, 6.07) is 0.0900. The van der Waals surface area contributed by atoms with Crippen molar-refractivity contribution in [3.8, 4) is 0 Å². The molecule has 1 rings (SSSR count). The van der Waals surface area contributed by atoms with E-state index >= 15 is 0 Å². The number of nitrogens with zero attached hydrogens (tertiary/aromatic N) is 1. The van der Waals surface area contributed by atoms with Crippen molar-refractivity contribution in [1.82, 2.24) is 4.90 Å². The van der Waals surface area contributed by atoms with Crippen molar-refractivity contribution in [3.05, 3.63) is 0 Å². The summed E-state index contributed by atoms with van der Waals surface area (Å²) in [4.78, 5) is 1.56. The summed E-state index contributed by atoms with van der Waals surface area (Å²) in [5, 5.41) is 0. The molecule has 0 saturated carbocycles. The van der Waals surface area contributed by atoms with Crippen LogP contribution in [0.3, 0.4) is 0 Å². The maximum atomic E-state index is 12.1. The number of hydrogen-bond acceptors (Lipinski definition) is 1. The van der Waals surface area contributed by atoms with Gasteiger partial charge < -0.3 is 17.8 Å². The first-order valence-corrected chi connectivity index (χ1v) is 4.83. The Morgan fingerprint density at radius 1 is 1.29 bits per heavy atom. The Labute approximate surface area is 126 Å². The molecular formula is C8H16BF3KN. The van der Waals surface area contributed by atoms with Gasteiger partial charge in [0, 0.05) is 6.04 Å². The number of hydrogen-bond donors (Lipinski definition) is 0. The predicted molar refractivity (Wildman–Crippen MR) is 48.5 cm³/mol. The van der Waals surface area contributed by atoms with Crippen LogP contribution in [0.5, 0.6) is 0 Å². The third-order valence-corrected chi connectivity index (χ3v) is 2.72. The minimum atomic E-state index is -4.65. The summed E-state index contributed by atoms with van der Waals surface area (Å²) in [6.07, 6.45) is 1.11. The standard InChI is InChI=1S/C8H16BF3N.K/c1-7-3-4-13(8(2)5-7)6-9(10,11)12;/h7-8H,3-6H2,1-2H3;/q-1;+1/t7-,8-;/m0./s1. The van der Waals surface area contributed by atoms with Gasteiger partial charge in [-0.15, -0.1) is 0 Å². The van der Waals surface area contributed by atoms with E-state index in [9.17, 15) is 12.9 Å². The molecule has 1 saturated heterocycles. The molecule has 0 unspecified atom stereocenters. The molecule has 1 fully saturated rings. The Balaban J connectivity index is 0.00000169. The first-order chi connectivity index (χ1) is 5.88. The normalized spacial score (nSPS) is 29.8. The minimum Gasteiger partial charge on any atom is -0.448 e. The quantitative estimate of drug-likeness (QED) is 0.581. The van der Waals surface area contributed by atoms with Crippen molar-refractivity contribution >= 4 is 6.98 Å². The summed E-state index contributed by atoms with van der Waals surface area (Å²) < 4.78 is 36.4. The van der Waals surface area contributed by atoms with E-state index < -0.39 is 13.4 Å². The Bertz CT molecular complexity index is 176. The van der Waals surface area contributed by atoms with E-state index in [2.05, 4.69) is 6.92 Å².